The molecule has 0 radical (unpaired) electrons. The lowest BCUT2D eigenvalue weighted by Crippen LogP contribution is -2.59. The van der Waals surface area contributed by atoms with Crippen molar-refractivity contribution in [1.82, 2.24) is 19.7 Å². The number of esters is 1. The summed E-state index contributed by atoms with van der Waals surface area (Å²) in [6, 6.07) is 4.42. The lowest BCUT2D eigenvalue weighted by atomic mass is 9.74. The van der Waals surface area contributed by atoms with Crippen molar-refractivity contribution in [2.24, 2.45) is 0 Å². The van der Waals surface area contributed by atoms with E-state index in [4.69, 9.17) is 21.1 Å². The fourth-order valence-corrected chi connectivity index (χ4v) is 8.41. The Balaban J connectivity index is 1.33. The fourth-order valence-electron chi connectivity index (χ4n) is 6.52. The monoisotopic (exact) mass is 731 g/mol. The second kappa shape index (κ2) is 12.6. The standard InChI is InChI=1S/C31H32ClF2N9O4S2/c1-6-46-26(44)22-21(32)18-11-41(14-31(33,34)15-43(18)40-22)23-17(10-36)24(38-27(37-23)48-5)42-12-30(13-42)8-7-19-20(30)16(9-35)25(49-19)39-28(45)47-29(2,3)4/h6-8,11-15H2,1-5H3,(H,39,45). The number of nitriles is 2. The maximum absolute atomic E-state index is 15.4. The SMILES string of the molecule is CCOC(=O)c1nn2c(c1Cl)CN(c1nc(SC)nc(N3CC4(CCc5sc(NC(=O)OC(C)(C)C)c(C#N)c54)C3)c1C#N)CC(F)(F)C2. The van der Waals surface area contributed by atoms with Gasteiger partial charge in [-0.2, -0.15) is 15.6 Å². The number of thioether (sulfide) groups is 1. The minimum atomic E-state index is -3.33. The third kappa shape index (κ3) is 6.35. The van der Waals surface area contributed by atoms with Crippen molar-refractivity contribution in [3.63, 3.8) is 0 Å². The first-order valence-corrected chi connectivity index (χ1v) is 17.8. The average Bonchev–Trinajstić information content (AvgIpc) is 3.60. The molecule has 258 valence electrons. The van der Waals surface area contributed by atoms with E-state index in [1.54, 1.807) is 34.0 Å². The summed E-state index contributed by atoms with van der Waals surface area (Å²) in [5.41, 5.74) is 0.0264. The van der Waals surface area contributed by atoms with E-state index < -0.39 is 42.1 Å². The molecule has 13 nitrogen and oxygen atoms in total. The predicted octanol–water partition coefficient (Wildman–Crippen LogP) is 5.74. The van der Waals surface area contributed by atoms with Gasteiger partial charge in [-0.05, 0) is 52.4 Å². The molecule has 3 aromatic rings. The molecule has 2 aliphatic heterocycles. The molecule has 1 saturated heterocycles. The Bertz CT molecular complexity index is 1940. The number of alkyl halides is 2. The van der Waals surface area contributed by atoms with E-state index in [0.717, 1.165) is 21.5 Å². The van der Waals surface area contributed by atoms with Crippen molar-refractivity contribution < 1.29 is 27.8 Å². The first kappa shape index (κ1) is 34.7. The normalized spacial score (nSPS) is 17.3. The number of aryl methyl sites for hydroxylation is 1. The smallest absolute Gasteiger partial charge is 0.412 e. The quantitative estimate of drug-likeness (QED) is 0.186. The van der Waals surface area contributed by atoms with Crippen LogP contribution in [0.3, 0.4) is 0 Å². The van der Waals surface area contributed by atoms with Gasteiger partial charge in [-0.25, -0.2) is 28.3 Å². The molecule has 6 rings (SSSR count). The Hall–Kier alpha value is -4.19. The van der Waals surface area contributed by atoms with Crippen LogP contribution in [0.1, 0.15) is 71.9 Å². The van der Waals surface area contributed by atoms with E-state index in [0.29, 0.717) is 30.1 Å². The highest BCUT2D eigenvalue weighted by molar-refractivity contribution is 7.98. The van der Waals surface area contributed by atoms with Crippen LogP contribution >= 0.6 is 34.7 Å². The molecule has 1 aliphatic carbocycles. The van der Waals surface area contributed by atoms with Crippen molar-refractivity contribution >= 4 is 63.4 Å². The van der Waals surface area contributed by atoms with Gasteiger partial charge in [0.2, 0.25) is 0 Å². The number of amides is 1. The van der Waals surface area contributed by atoms with Crippen LogP contribution in [0.4, 0.5) is 30.2 Å². The number of thiophene rings is 1. The van der Waals surface area contributed by atoms with Crippen LogP contribution in [0.15, 0.2) is 5.16 Å². The van der Waals surface area contributed by atoms with Gasteiger partial charge < -0.3 is 19.3 Å². The summed E-state index contributed by atoms with van der Waals surface area (Å²) in [4.78, 5) is 38.3. The molecule has 0 unspecified atom stereocenters. The third-order valence-electron chi connectivity index (χ3n) is 8.41. The summed E-state index contributed by atoms with van der Waals surface area (Å²) in [5, 5.41) is 28.0. The number of rotatable bonds is 6. The van der Waals surface area contributed by atoms with Gasteiger partial charge in [-0.1, -0.05) is 23.4 Å². The Labute approximate surface area is 294 Å². The van der Waals surface area contributed by atoms with E-state index in [1.807, 2.05) is 4.90 Å². The van der Waals surface area contributed by atoms with Gasteiger partial charge in [-0.3, -0.25) is 10.00 Å². The van der Waals surface area contributed by atoms with Gasteiger partial charge in [0.25, 0.3) is 5.92 Å². The van der Waals surface area contributed by atoms with Gasteiger partial charge in [0.05, 0.1) is 36.0 Å². The molecule has 0 aromatic carbocycles. The highest BCUT2D eigenvalue weighted by Gasteiger charge is 2.53. The number of hydrogen-bond acceptors (Lipinski definition) is 13. The lowest BCUT2D eigenvalue weighted by molar-refractivity contribution is -0.00857. The average molecular weight is 732 g/mol. The Morgan fingerprint density at radius 2 is 1.78 bits per heavy atom. The zero-order valence-electron chi connectivity index (χ0n) is 27.3. The number of nitrogens with zero attached hydrogens (tertiary/aromatic N) is 8. The van der Waals surface area contributed by atoms with Crippen LogP contribution in [0.25, 0.3) is 0 Å². The summed E-state index contributed by atoms with van der Waals surface area (Å²) in [6.07, 6.45) is 2.56. The van der Waals surface area contributed by atoms with E-state index in [1.165, 1.54) is 28.0 Å². The summed E-state index contributed by atoms with van der Waals surface area (Å²) in [7, 11) is 0. The highest BCUT2D eigenvalue weighted by Crippen LogP contribution is 2.53. The molecule has 1 N–H and O–H groups in total. The second-order valence-electron chi connectivity index (χ2n) is 13.0. The molecule has 5 heterocycles. The Morgan fingerprint density at radius 1 is 1.10 bits per heavy atom. The van der Waals surface area contributed by atoms with E-state index >= 15 is 8.78 Å². The molecule has 3 aliphatic rings. The van der Waals surface area contributed by atoms with Crippen LogP contribution in [0, 0.1) is 22.7 Å². The Morgan fingerprint density at radius 3 is 2.39 bits per heavy atom. The number of aromatic nitrogens is 4. The molecule has 0 saturated carbocycles. The zero-order valence-corrected chi connectivity index (χ0v) is 29.7. The number of halogens is 3. The molecule has 1 spiro atoms. The molecule has 0 bridgehead atoms. The minimum Gasteiger partial charge on any atom is -0.461 e. The molecule has 1 fully saturated rings. The predicted molar refractivity (Wildman–Crippen MR) is 179 cm³/mol. The molecular formula is C31H32ClF2N9O4S2. The molecule has 0 atom stereocenters. The molecular weight excluding hydrogens is 700 g/mol. The third-order valence-corrected chi connectivity index (χ3v) is 10.5. The first-order valence-electron chi connectivity index (χ1n) is 15.3. The van der Waals surface area contributed by atoms with Crippen molar-refractivity contribution in [1.29, 1.82) is 10.5 Å². The van der Waals surface area contributed by atoms with Gasteiger partial charge in [0, 0.05) is 23.4 Å². The van der Waals surface area contributed by atoms with Crippen molar-refractivity contribution in [3.8, 4) is 12.1 Å². The summed E-state index contributed by atoms with van der Waals surface area (Å²) < 4.78 is 42.3. The number of anilines is 3. The number of nitrogens with one attached hydrogen (secondary N) is 1. The zero-order chi connectivity index (χ0) is 35.5. The number of carbonyl (C=O) groups is 2. The molecule has 18 heteroatoms. The van der Waals surface area contributed by atoms with Crippen LogP contribution in [-0.2, 0) is 34.4 Å². The minimum absolute atomic E-state index is 0.00471. The summed E-state index contributed by atoms with van der Waals surface area (Å²) >= 11 is 9.07. The largest absolute Gasteiger partial charge is 0.461 e. The fraction of sp³-hybridized carbons (Fsp3) is 0.516. The van der Waals surface area contributed by atoms with E-state index in [9.17, 15) is 20.1 Å². The van der Waals surface area contributed by atoms with Crippen LogP contribution in [0.5, 0.6) is 0 Å². The number of hydrogen-bond donors (Lipinski definition) is 1. The highest BCUT2D eigenvalue weighted by atomic mass is 35.5. The van der Waals surface area contributed by atoms with Crippen molar-refractivity contribution in [3.05, 3.63) is 38.0 Å². The van der Waals surface area contributed by atoms with Gasteiger partial charge in [0.15, 0.2) is 22.5 Å². The van der Waals surface area contributed by atoms with Crippen LogP contribution in [0.2, 0.25) is 5.02 Å². The topological polar surface area (TPSA) is 162 Å². The van der Waals surface area contributed by atoms with Crippen molar-refractivity contribution in [2.45, 2.75) is 75.7 Å². The molecule has 3 aromatic heterocycles. The van der Waals surface area contributed by atoms with E-state index in [2.05, 4.69) is 32.5 Å². The van der Waals surface area contributed by atoms with Crippen LogP contribution in [-0.4, -0.2) is 75.8 Å². The number of ether oxygens (including phenoxy) is 2. The maximum atomic E-state index is 15.4. The second-order valence-corrected chi connectivity index (χ2v) is 15.3. The number of carbonyl (C=O) groups excluding carboxylic acids is 2. The van der Waals surface area contributed by atoms with Crippen LogP contribution < -0.4 is 15.1 Å². The Kier molecular flexibility index (Phi) is 8.92. The first-order chi connectivity index (χ1) is 23.1. The molecule has 1 amide bonds. The molecule has 49 heavy (non-hydrogen) atoms. The summed E-state index contributed by atoms with van der Waals surface area (Å²) in [5.74, 6) is -3.86. The van der Waals surface area contributed by atoms with Gasteiger partial charge >= 0.3 is 12.1 Å². The van der Waals surface area contributed by atoms with E-state index in [-0.39, 0.29) is 51.9 Å². The lowest BCUT2D eigenvalue weighted by Gasteiger charge is -2.49. The maximum Gasteiger partial charge on any atom is 0.412 e. The summed E-state index contributed by atoms with van der Waals surface area (Å²) in [6.45, 7) is 5.92. The van der Waals surface area contributed by atoms with Crippen molar-refractivity contribution in [2.75, 3.05) is 47.6 Å². The van der Waals surface area contributed by atoms with Gasteiger partial charge in [-0.15, -0.1) is 11.3 Å². The number of fused-ring (bicyclic) bond motifs is 3. The van der Waals surface area contributed by atoms with Gasteiger partial charge in [0.1, 0.15) is 34.8 Å².